The molecule has 0 aliphatic heterocycles. The summed E-state index contributed by atoms with van der Waals surface area (Å²) in [7, 11) is 5.66. The minimum absolute atomic E-state index is 0.370. The van der Waals surface area contributed by atoms with Crippen LogP contribution in [0.5, 0.6) is 0 Å². The molecule has 0 aliphatic rings. The van der Waals surface area contributed by atoms with E-state index >= 15 is 0 Å². The summed E-state index contributed by atoms with van der Waals surface area (Å²) in [6.45, 7) is 2.06. The van der Waals surface area contributed by atoms with Crippen LogP contribution in [-0.4, -0.2) is 37.6 Å². The molecule has 72 valence electrons. The van der Waals surface area contributed by atoms with Crippen molar-refractivity contribution in [1.29, 1.82) is 0 Å². The van der Waals surface area contributed by atoms with Gasteiger partial charge in [-0.2, -0.15) is 0 Å². The average molecular weight is 173 g/mol. The summed E-state index contributed by atoms with van der Waals surface area (Å²) in [6, 6.07) is -0.370. The number of carbonyl (C=O) groups excluding carboxylic acids is 1. The fourth-order valence-corrected chi connectivity index (χ4v) is 1.22. The van der Waals surface area contributed by atoms with E-state index in [9.17, 15) is 9.90 Å². The number of carbonyl (C=O) groups is 1. The smallest absolute Gasteiger partial charge is 0.129 e. The van der Waals surface area contributed by atoms with Gasteiger partial charge >= 0.3 is 0 Å². The number of nitrogens with zero attached hydrogens (tertiary/aromatic N) is 1. The molecule has 0 bridgehead atoms. The Morgan fingerprint density at radius 2 is 1.92 bits per heavy atom. The molecule has 0 spiro atoms. The first kappa shape index (κ1) is 11.4. The van der Waals surface area contributed by atoms with E-state index in [0.717, 1.165) is 12.8 Å². The SMILES string of the molecule is CCCCC(C(=O)[O-])[N+](C)(C)C. The lowest BCUT2D eigenvalue weighted by Gasteiger charge is -2.34. The van der Waals surface area contributed by atoms with E-state index in [1.807, 2.05) is 21.1 Å². The van der Waals surface area contributed by atoms with Crippen molar-refractivity contribution >= 4 is 5.97 Å². The number of aliphatic carboxylic acids is 1. The van der Waals surface area contributed by atoms with Crippen LogP contribution in [0, 0.1) is 0 Å². The average Bonchev–Trinajstić information content (AvgIpc) is 1.84. The Morgan fingerprint density at radius 3 is 2.17 bits per heavy atom. The van der Waals surface area contributed by atoms with Gasteiger partial charge in [0.25, 0.3) is 0 Å². The summed E-state index contributed by atoms with van der Waals surface area (Å²) in [5.74, 6) is -0.934. The largest absolute Gasteiger partial charge is 0.544 e. The van der Waals surface area contributed by atoms with Gasteiger partial charge in [-0.1, -0.05) is 13.3 Å². The Hall–Kier alpha value is -0.570. The van der Waals surface area contributed by atoms with Gasteiger partial charge in [0.1, 0.15) is 6.04 Å². The van der Waals surface area contributed by atoms with Crippen molar-refractivity contribution in [1.82, 2.24) is 0 Å². The molecule has 0 saturated carbocycles. The van der Waals surface area contributed by atoms with Crippen LogP contribution in [0.15, 0.2) is 0 Å². The van der Waals surface area contributed by atoms with Crippen LogP contribution >= 0.6 is 0 Å². The molecule has 0 aromatic carbocycles. The second-order valence-corrected chi connectivity index (χ2v) is 4.09. The van der Waals surface area contributed by atoms with Crippen molar-refractivity contribution in [2.75, 3.05) is 21.1 Å². The number of carboxylic acid groups (broad SMARTS) is 1. The van der Waals surface area contributed by atoms with E-state index in [2.05, 4.69) is 6.92 Å². The molecule has 3 heteroatoms. The molecule has 0 aromatic rings. The molecule has 3 nitrogen and oxygen atoms in total. The molecular formula is C9H19NO2. The summed E-state index contributed by atoms with van der Waals surface area (Å²) in [5, 5.41) is 10.7. The van der Waals surface area contributed by atoms with Crippen molar-refractivity contribution in [2.24, 2.45) is 0 Å². The molecule has 0 aliphatic carbocycles. The van der Waals surface area contributed by atoms with Crippen LogP contribution in [0.4, 0.5) is 0 Å². The topological polar surface area (TPSA) is 40.1 Å². The first-order chi connectivity index (χ1) is 5.39. The van der Waals surface area contributed by atoms with E-state index in [1.165, 1.54) is 0 Å². The third-order valence-corrected chi connectivity index (χ3v) is 2.04. The zero-order valence-corrected chi connectivity index (χ0v) is 8.46. The highest BCUT2D eigenvalue weighted by atomic mass is 16.4. The monoisotopic (exact) mass is 173 g/mol. The van der Waals surface area contributed by atoms with Gasteiger partial charge in [0.05, 0.1) is 27.1 Å². The highest BCUT2D eigenvalue weighted by Gasteiger charge is 2.23. The third-order valence-electron chi connectivity index (χ3n) is 2.04. The summed E-state index contributed by atoms with van der Waals surface area (Å²) < 4.78 is 0.447. The highest BCUT2D eigenvalue weighted by molar-refractivity contribution is 5.69. The lowest BCUT2D eigenvalue weighted by Crippen LogP contribution is -2.54. The number of hydrogen-bond donors (Lipinski definition) is 0. The molecule has 0 rings (SSSR count). The zero-order valence-electron chi connectivity index (χ0n) is 8.46. The fraction of sp³-hybridized carbons (Fsp3) is 0.889. The lowest BCUT2D eigenvalue weighted by atomic mass is 10.1. The minimum atomic E-state index is -0.934. The molecule has 0 fully saturated rings. The number of quaternary nitrogens is 1. The summed E-state index contributed by atoms with van der Waals surface area (Å²) in [6.07, 6.45) is 2.69. The van der Waals surface area contributed by atoms with Crippen LogP contribution in [0.3, 0.4) is 0 Å². The maximum atomic E-state index is 10.7. The Bertz CT molecular complexity index is 149. The third kappa shape index (κ3) is 3.72. The predicted molar refractivity (Wildman–Crippen MR) is 46.4 cm³/mol. The van der Waals surface area contributed by atoms with Crippen molar-refractivity contribution in [3.8, 4) is 0 Å². The second kappa shape index (κ2) is 4.45. The van der Waals surface area contributed by atoms with Crippen molar-refractivity contribution < 1.29 is 14.4 Å². The van der Waals surface area contributed by atoms with Gasteiger partial charge in [-0.05, 0) is 6.42 Å². The molecule has 0 radical (unpaired) electrons. The Labute approximate surface area is 74.6 Å². The first-order valence-corrected chi connectivity index (χ1v) is 4.41. The number of unbranched alkanes of at least 4 members (excludes halogenated alkanes) is 1. The van der Waals surface area contributed by atoms with Crippen molar-refractivity contribution in [3.05, 3.63) is 0 Å². The van der Waals surface area contributed by atoms with Crippen LogP contribution in [0.1, 0.15) is 26.2 Å². The summed E-state index contributed by atoms with van der Waals surface area (Å²) >= 11 is 0. The lowest BCUT2D eigenvalue weighted by molar-refractivity contribution is -0.889. The van der Waals surface area contributed by atoms with E-state index in [-0.39, 0.29) is 6.04 Å². The molecule has 0 amide bonds. The van der Waals surface area contributed by atoms with Crippen LogP contribution in [0.2, 0.25) is 0 Å². The summed E-state index contributed by atoms with van der Waals surface area (Å²) in [5.41, 5.74) is 0. The number of likely N-dealkylation sites (N-methyl/N-ethyl adjacent to an activating group) is 1. The standard InChI is InChI=1S/C9H19NO2/c1-5-6-7-8(9(11)12)10(2,3)4/h8H,5-7H2,1-4H3. The molecule has 12 heavy (non-hydrogen) atoms. The molecule has 1 unspecified atom stereocenters. The van der Waals surface area contributed by atoms with Crippen molar-refractivity contribution in [2.45, 2.75) is 32.2 Å². The first-order valence-electron chi connectivity index (χ1n) is 4.41. The van der Waals surface area contributed by atoms with Gasteiger partial charge in [-0.3, -0.25) is 0 Å². The zero-order chi connectivity index (χ0) is 9.78. The molecule has 1 atom stereocenters. The quantitative estimate of drug-likeness (QED) is 0.549. The van der Waals surface area contributed by atoms with Crippen LogP contribution in [0.25, 0.3) is 0 Å². The van der Waals surface area contributed by atoms with E-state index in [0.29, 0.717) is 10.9 Å². The second-order valence-electron chi connectivity index (χ2n) is 4.09. The molecule has 0 N–H and O–H groups in total. The van der Waals surface area contributed by atoms with Gasteiger partial charge in [0.15, 0.2) is 0 Å². The number of rotatable bonds is 5. The Kier molecular flexibility index (Phi) is 4.24. The van der Waals surface area contributed by atoms with Gasteiger partial charge in [0, 0.05) is 6.42 Å². The van der Waals surface area contributed by atoms with Gasteiger partial charge in [0.2, 0.25) is 0 Å². The fourth-order valence-electron chi connectivity index (χ4n) is 1.22. The van der Waals surface area contributed by atoms with Gasteiger partial charge < -0.3 is 14.4 Å². The minimum Gasteiger partial charge on any atom is -0.544 e. The van der Waals surface area contributed by atoms with Gasteiger partial charge in [-0.15, -0.1) is 0 Å². The molecule has 0 heterocycles. The maximum Gasteiger partial charge on any atom is 0.129 e. The maximum absolute atomic E-state index is 10.7. The molecular weight excluding hydrogens is 154 g/mol. The number of hydrogen-bond acceptors (Lipinski definition) is 2. The predicted octanol–water partition coefficient (Wildman–Crippen LogP) is 0.00130. The number of carboxylic acids is 1. The van der Waals surface area contributed by atoms with Crippen LogP contribution < -0.4 is 5.11 Å². The summed E-state index contributed by atoms with van der Waals surface area (Å²) in [4.78, 5) is 10.7. The van der Waals surface area contributed by atoms with Crippen molar-refractivity contribution in [3.63, 3.8) is 0 Å². The van der Waals surface area contributed by atoms with Crippen LogP contribution in [-0.2, 0) is 4.79 Å². The highest BCUT2D eigenvalue weighted by Crippen LogP contribution is 2.10. The van der Waals surface area contributed by atoms with Gasteiger partial charge in [-0.25, -0.2) is 0 Å². The Balaban J connectivity index is 4.15. The van der Waals surface area contributed by atoms with E-state index in [1.54, 1.807) is 0 Å². The van der Waals surface area contributed by atoms with E-state index < -0.39 is 5.97 Å². The molecule has 0 saturated heterocycles. The Morgan fingerprint density at radius 1 is 1.42 bits per heavy atom. The van der Waals surface area contributed by atoms with E-state index in [4.69, 9.17) is 0 Å². The molecule has 0 aromatic heterocycles. The normalized spacial score (nSPS) is 14.3.